The van der Waals surface area contributed by atoms with Crippen LogP contribution in [-0.2, 0) is 17.9 Å². The van der Waals surface area contributed by atoms with Crippen molar-refractivity contribution in [2.75, 3.05) is 11.9 Å². The number of benzene rings is 1. The maximum atomic E-state index is 12.0. The molecule has 0 atom stereocenters. The van der Waals surface area contributed by atoms with E-state index in [1.54, 1.807) is 12.3 Å². The zero-order valence-corrected chi connectivity index (χ0v) is 12.0. The molecule has 1 aromatic heterocycles. The number of nitrogens with one attached hydrogen (secondary N) is 1. The molecule has 0 saturated heterocycles. The van der Waals surface area contributed by atoms with Gasteiger partial charge in [-0.05, 0) is 18.6 Å². The van der Waals surface area contributed by atoms with Crippen LogP contribution in [0.3, 0.4) is 0 Å². The Labute approximate surface area is 123 Å². The van der Waals surface area contributed by atoms with Crippen molar-refractivity contribution < 1.29 is 9.53 Å². The smallest absolute Gasteiger partial charge is 0.246 e. The number of carbonyl (C=O) groups excluding carboxylic acids is 1. The van der Waals surface area contributed by atoms with Gasteiger partial charge in [0.2, 0.25) is 5.91 Å². The van der Waals surface area contributed by atoms with Crippen molar-refractivity contribution in [2.24, 2.45) is 5.73 Å². The first-order chi connectivity index (χ1) is 10.2. The van der Waals surface area contributed by atoms with Gasteiger partial charge in [0.05, 0.1) is 24.2 Å². The lowest BCUT2D eigenvalue weighted by molar-refractivity contribution is -0.116. The lowest BCUT2D eigenvalue weighted by Gasteiger charge is -2.11. The minimum atomic E-state index is -0.198. The van der Waals surface area contributed by atoms with Gasteiger partial charge in [-0.3, -0.25) is 4.79 Å². The summed E-state index contributed by atoms with van der Waals surface area (Å²) in [4.78, 5) is 12.0. The number of hydrogen-bond donors (Lipinski definition) is 2. The number of nitrogens with two attached hydrogens (primary N) is 1. The topological polar surface area (TPSA) is 95.1 Å². The summed E-state index contributed by atoms with van der Waals surface area (Å²) in [6.07, 6.45) is 2.56. The Morgan fingerprint density at radius 2 is 2.24 bits per heavy atom. The summed E-state index contributed by atoms with van der Waals surface area (Å²) in [5, 5.41) is 10.5. The van der Waals surface area contributed by atoms with E-state index in [1.807, 2.05) is 25.1 Å². The Morgan fingerprint density at radius 3 is 2.95 bits per heavy atom. The van der Waals surface area contributed by atoms with Crippen molar-refractivity contribution in [2.45, 2.75) is 26.4 Å². The van der Waals surface area contributed by atoms with Crippen molar-refractivity contribution in [1.29, 1.82) is 0 Å². The van der Waals surface area contributed by atoms with Crippen molar-refractivity contribution in [1.82, 2.24) is 15.0 Å². The molecule has 0 aliphatic rings. The van der Waals surface area contributed by atoms with Crippen LogP contribution in [0.15, 0.2) is 30.5 Å². The zero-order chi connectivity index (χ0) is 15.1. The Bertz CT molecular complexity index is 597. The number of hydrogen-bond acceptors (Lipinski definition) is 5. The summed E-state index contributed by atoms with van der Waals surface area (Å²) in [5.74, 6) is 0.463. The number of amides is 1. The summed E-state index contributed by atoms with van der Waals surface area (Å²) in [7, 11) is 0. The van der Waals surface area contributed by atoms with Gasteiger partial charge >= 0.3 is 0 Å². The second-order valence-corrected chi connectivity index (χ2v) is 4.50. The molecule has 2 rings (SSSR count). The third kappa shape index (κ3) is 4.28. The number of anilines is 1. The maximum absolute atomic E-state index is 12.0. The largest absolute Gasteiger partial charge is 0.491 e. The number of nitrogens with zero attached hydrogens (tertiary/aromatic N) is 3. The average Bonchev–Trinajstić information content (AvgIpc) is 2.94. The molecule has 0 radical (unpaired) electrons. The molecule has 0 bridgehead atoms. The molecule has 1 amide bonds. The summed E-state index contributed by atoms with van der Waals surface area (Å²) in [6, 6.07) is 7.34. The van der Waals surface area contributed by atoms with Crippen LogP contribution in [0.25, 0.3) is 0 Å². The molecule has 1 heterocycles. The number of carbonyl (C=O) groups is 1. The third-order valence-corrected chi connectivity index (χ3v) is 2.72. The van der Waals surface area contributed by atoms with Crippen molar-refractivity contribution in [3.8, 4) is 5.75 Å². The molecule has 0 aliphatic carbocycles. The van der Waals surface area contributed by atoms with Crippen LogP contribution in [0.1, 0.15) is 19.0 Å². The van der Waals surface area contributed by atoms with Crippen molar-refractivity contribution in [3.63, 3.8) is 0 Å². The fourth-order valence-corrected chi connectivity index (χ4v) is 1.75. The lowest BCUT2D eigenvalue weighted by Crippen LogP contribution is -2.19. The van der Waals surface area contributed by atoms with E-state index in [4.69, 9.17) is 10.5 Å². The molecule has 0 spiro atoms. The van der Waals surface area contributed by atoms with Crippen molar-refractivity contribution in [3.05, 3.63) is 36.2 Å². The highest BCUT2D eigenvalue weighted by molar-refractivity contribution is 5.92. The minimum Gasteiger partial charge on any atom is -0.491 e. The van der Waals surface area contributed by atoms with Gasteiger partial charge in [0.15, 0.2) is 0 Å². The molecular weight excluding hydrogens is 270 g/mol. The van der Waals surface area contributed by atoms with Gasteiger partial charge in [0.1, 0.15) is 12.3 Å². The van der Waals surface area contributed by atoms with Gasteiger partial charge in [-0.25, -0.2) is 4.68 Å². The molecule has 0 fully saturated rings. The van der Waals surface area contributed by atoms with Gasteiger partial charge in [0, 0.05) is 6.54 Å². The third-order valence-electron chi connectivity index (χ3n) is 2.72. The second-order valence-electron chi connectivity index (χ2n) is 4.50. The highest BCUT2D eigenvalue weighted by Crippen LogP contribution is 2.23. The van der Waals surface area contributed by atoms with E-state index in [2.05, 4.69) is 15.6 Å². The normalized spacial score (nSPS) is 10.4. The number of ether oxygens (including phenoxy) is 1. The fourth-order valence-electron chi connectivity index (χ4n) is 1.75. The first-order valence-electron chi connectivity index (χ1n) is 6.83. The van der Waals surface area contributed by atoms with Crippen LogP contribution in [0.4, 0.5) is 5.69 Å². The van der Waals surface area contributed by atoms with Crippen molar-refractivity contribution >= 4 is 11.6 Å². The van der Waals surface area contributed by atoms with Crippen LogP contribution < -0.4 is 15.8 Å². The van der Waals surface area contributed by atoms with Crippen LogP contribution >= 0.6 is 0 Å². The Balaban J connectivity index is 1.98. The molecule has 2 aromatic rings. The molecule has 21 heavy (non-hydrogen) atoms. The van der Waals surface area contributed by atoms with Gasteiger partial charge in [-0.15, -0.1) is 5.10 Å². The van der Waals surface area contributed by atoms with E-state index >= 15 is 0 Å². The molecule has 0 unspecified atom stereocenters. The average molecular weight is 289 g/mol. The summed E-state index contributed by atoms with van der Waals surface area (Å²) >= 11 is 0. The Hall–Kier alpha value is -2.41. The first kappa shape index (κ1) is 15.0. The predicted octanol–water partition coefficient (Wildman–Crippen LogP) is 1.16. The SMILES string of the molecule is CCCOc1ccccc1NC(=O)Cn1cc(CN)nn1. The van der Waals surface area contributed by atoms with E-state index in [1.165, 1.54) is 4.68 Å². The predicted molar refractivity (Wildman–Crippen MR) is 78.8 cm³/mol. The van der Waals surface area contributed by atoms with E-state index in [0.717, 1.165) is 6.42 Å². The molecule has 3 N–H and O–H groups in total. The van der Waals surface area contributed by atoms with E-state index in [0.29, 0.717) is 30.3 Å². The van der Waals surface area contributed by atoms with E-state index < -0.39 is 0 Å². The molecule has 112 valence electrons. The molecule has 7 heteroatoms. The van der Waals surface area contributed by atoms with E-state index in [9.17, 15) is 4.79 Å². The summed E-state index contributed by atoms with van der Waals surface area (Å²) < 4.78 is 7.04. The zero-order valence-electron chi connectivity index (χ0n) is 12.0. The number of para-hydroxylation sites is 2. The number of rotatable bonds is 7. The van der Waals surface area contributed by atoms with Crippen LogP contribution in [0.5, 0.6) is 5.75 Å². The second kappa shape index (κ2) is 7.39. The summed E-state index contributed by atoms with van der Waals surface area (Å²) in [6.45, 7) is 3.02. The highest BCUT2D eigenvalue weighted by atomic mass is 16.5. The molecule has 0 saturated carbocycles. The molecule has 7 nitrogen and oxygen atoms in total. The number of aromatic nitrogens is 3. The molecular formula is C14H19N5O2. The summed E-state index contributed by atoms with van der Waals surface area (Å²) in [5.41, 5.74) is 6.75. The quantitative estimate of drug-likeness (QED) is 0.797. The van der Waals surface area contributed by atoms with E-state index in [-0.39, 0.29) is 12.5 Å². The maximum Gasteiger partial charge on any atom is 0.246 e. The van der Waals surface area contributed by atoms with Gasteiger partial charge in [0.25, 0.3) is 0 Å². The van der Waals surface area contributed by atoms with Crippen LogP contribution in [-0.4, -0.2) is 27.5 Å². The minimum absolute atomic E-state index is 0.0785. The Kier molecular flexibility index (Phi) is 5.28. The fraction of sp³-hybridized carbons (Fsp3) is 0.357. The monoisotopic (exact) mass is 289 g/mol. The molecule has 1 aromatic carbocycles. The lowest BCUT2D eigenvalue weighted by atomic mass is 10.3. The van der Waals surface area contributed by atoms with Gasteiger partial charge in [-0.1, -0.05) is 24.3 Å². The van der Waals surface area contributed by atoms with Crippen LogP contribution in [0.2, 0.25) is 0 Å². The molecule has 0 aliphatic heterocycles. The van der Waals surface area contributed by atoms with Gasteiger partial charge < -0.3 is 15.8 Å². The standard InChI is InChI=1S/C14H19N5O2/c1-2-7-21-13-6-4-3-5-12(13)16-14(20)10-19-9-11(8-15)17-18-19/h3-6,9H,2,7-8,10,15H2,1H3,(H,16,20). The van der Waals surface area contributed by atoms with Crippen LogP contribution in [0, 0.1) is 0 Å². The van der Waals surface area contributed by atoms with Gasteiger partial charge in [-0.2, -0.15) is 0 Å². The first-order valence-corrected chi connectivity index (χ1v) is 6.83. The highest BCUT2D eigenvalue weighted by Gasteiger charge is 2.09. The Morgan fingerprint density at radius 1 is 1.43 bits per heavy atom.